The maximum atomic E-state index is 12.9. The van der Waals surface area contributed by atoms with Crippen LogP contribution in [-0.4, -0.2) is 78.2 Å². The number of carbonyl (C=O) groups is 1. The first-order chi connectivity index (χ1) is 16.0. The fourth-order valence-electron chi connectivity index (χ4n) is 5.64. The van der Waals surface area contributed by atoms with Gasteiger partial charge in [-0.1, -0.05) is 30.7 Å². The summed E-state index contributed by atoms with van der Waals surface area (Å²) in [6, 6.07) is 7.41. The van der Waals surface area contributed by atoms with Crippen LogP contribution < -0.4 is 10.2 Å². The van der Waals surface area contributed by atoms with Crippen LogP contribution in [0, 0.1) is 0 Å². The molecule has 0 saturated carbocycles. The molecule has 2 N–H and O–H groups in total. The van der Waals surface area contributed by atoms with Crippen LogP contribution in [0.2, 0.25) is 5.02 Å². The summed E-state index contributed by atoms with van der Waals surface area (Å²) in [6.45, 7) is 6.77. The number of ether oxygens (including phenoxy) is 1. The normalized spacial score (nSPS) is 27.7. The molecule has 0 amide bonds. The topological polar surface area (TPSA) is 90.8 Å². The number of aromatic nitrogens is 2. The Morgan fingerprint density at radius 3 is 2.64 bits per heavy atom. The van der Waals surface area contributed by atoms with Crippen molar-refractivity contribution >= 4 is 23.7 Å². The molecule has 2 saturated heterocycles. The predicted octanol–water partition coefficient (Wildman–Crippen LogP) is 1.88. The number of nitrogens with zero attached hydrogens (tertiary/aromatic N) is 4. The zero-order valence-electron chi connectivity index (χ0n) is 18.8. The molecule has 1 aromatic carbocycles. The van der Waals surface area contributed by atoms with E-state index in [1.165, 1.54) is 0 Å². The number of aliphatic hydroxyl groups is 1. The van der Waals surface area contributed by atoms with E-state index in [4.69, 9.17) is 16.3 Å². The molecule has 176 valence electrons. The summed E-state index contributed by atoms with van der Waals surface area (Å²) in [4.78, 5) is 26.3. The zero-order valence-corrected chi connectivity index (χ0v) is 19.5. The Bertz CT molecular complexity index is 992. The maximum absolute atomic E-state index is 12.9. The van der Waals surface area contributed by atoms with Crippen molar-refractivity contribution in [3.05, 3.63) is 52.4 Å². The SMILES string of the molecule is C[C@@H]1C[C@H](O)c2ncnc(N3CCN([C@@](C=O)(c4ccc(Cl)cc4)[C@@H]4COCCN4)CC3)c21. The minimum atomic E-state index is -0.853. The standard InChI is InChI=1S/C24H30ClN5O3/c1-16-12-19(32)22-21(16)23(28-15-27-22)29-7-9-30(10-8-29)24(14-31,20-13-33-11-6-26-20)17-2-4-18(25)5-3-17/h2-5,14-16,19-20,26,32H,6-13H2,1H3/t16-,19+,20+,24+/m1/s1. The molecular weight excluding hydrogens is 442 g/mol. The smallest absolute Gasteiger partial charge is 0.146 e. The predicted molar refractivity (Wildman–Crippen MR) is 126 cm³/mol. The van der Waals surface area contributed by atoms with Crippen LogP contribution in [0.3, 0.4) is 0 Å². The van der Waals surface area contributed by atoms with Crippen molar-refractivity contribution < 1.29 is 14.6 Å². The van der Waals surface area contributed by atoms with E-state index in [0.717, 1.165) is 42.0 Å². The molecule has 4 atom stereocenters. The average Bonchev–Trinajstić information content (AvgIpc) is 3.15. The lowest BCUT2D eigenvalue weighted by atomic mass is 9.81. The van der Waals surface area contributed by atoms with Crippen LogP contribution in [0.25, 0.3) is 0 Å². The number of benzene rings is 1. The van der Waals surface area contributed by atoms with E-state index in [-0.39, 0.29) is 12.0 Å². The van der Waals surface area contributed by atoms with E-state index in [1.807, 2.05) is 24.3 Å². The summed E-state index contributed by atoms with van der Waals surface area (Å²) in [7, 11) is 0. The van der Waals surface area contributed by atoms with Crippen LogP contribution >= 0.6 is 11.6 Å². The lowest BCUT2D eigenvalue weighted by Crippen LogP contribution is -2.66. The second-order valence-corrected chi connectivity index (χ2v) is 9.59. The Balaban J connectivity index is 1.43. The quantitative estimate of drug-likeness (QED) is 0.639. The number of halogens is 1. The molecule has 3 heterocycles. The molecule has 1 aliphatic carbocycles. The van der Waals surface area contributed by atoms with E-state index in [0.29, 0.717) is 44.3 Å². The van der Waals surface area contributed by atoms with Crippen LogP contribution in [0.5, 0.6) is 0 Å². The van der Waals surface area contributed by atoms with Gasteiger partial charge in [0.2, 0.25) is 0 Å². The molecule has 0 unspecified atom stereocenters. The summed E-state index contributed by atoms with van der Waals surface area (Å²) < 4.78 is 5.76. The van der Waals surface area contributed by atoms with Gasteiger partial charge in [0.15, 0.2) is 0 Å². The van der Waals surface area contributed by atoms with Gasteiger partial charge < -0.3 is 24.9 Å². The number of aliphatic hydroxyl groups excluding tert-OH is 1. The van der Waals surface area contributed by atoms with Gasteiger partial charge in [-0.05, 0) is 30.0 Å². The molecule has 9 heteroatoms. The summed E-state index contributed by atoms with van der Waals surface area (Å²) in [5, 5.41) is 14.5. The third-order valence-electron chi connectivity index (χ3n) is 7.32. The van der Waals surface area contributed by atoms with E-state index >= 15 is 0 Å². The Labute approximate surface area is 198 Å². The van der Waals surface area contributed by atoms with Gasteiger partial charge in [0.05, 0.1) is 31.1 Å². The number of hydrogen-bond donors (Lipinski definition) is 2. The number of rotatable bonds is 5. The van der Waals surface area contributed by atoms with Crippen molar-refractivity contribution in [2.75, 3.05) is 50.8 Å². The first kappa shape index (κ1) is 22.7. The van der Waals surface area contributed by atoms with E-state index in [1.54, 1.807) is 6.33 Å². The largest absolute Gasteiger partial charge is 0.387 e. The molecule has 2 aromatic rings. The van der Waals surface area contributed by atoms with Gasteiger partial charge in [-0.2, -0.15) is 0 Å². The maximum Gasteiger partial charge on any atom is 0.146 e. The van der Waals surface area contributed by atoms with Crippen LogP contribution in [0.15, 0.2) is 30.6 Å². The molecule has 8 nitrogen and oxygen atoms in total. The molecule has 0 bridgehead atoms. The molecule has 33 heavy (non-hydrogen) atoms. The highest BCUT2D eigenvalue weighted by Crippen LogP contribution is 2.43. The molecule has 1 aromatic heterocycles. The Hall–Kier alpha value is -2.10. The number of hydrogen-bond acceptors (Lipinski definition) is 8. The van der Waals surface area contributed by atoms with E-state index in [2.05, 4.69) is 32.0 Å². The summed E-state index contributed by atoms with van der Waals surface area (Å²) in [5.74, 6) is 1.13. The van der Waals surface area contributed by atoms with Gasteiger partial charge >= 0.3 is 0 Å². The van der Waals surface area contributed by atoms with E-state index < -0.39 is 11.6 Å². The number of aldehydes is 1. The van der Waals surface area contributed by atoms with Crippen LogP contribution in [0.4, 0.5) is 5.82 Å². The number of morpholine rings is 1. The van der Waals surface area contributed by atoms with Gasteiger partial charge in [-0.3, -0.25) is 4.90 Å². The third kappa shape index (κ3) is 3.94. The van der Waals surface area contributed by atoms with Crippen molar-refractivity contribution in [3.63, 3.8) is 0 Å². The van der Waals surface area contributed by atoms with Crippen LogP contribution in [0.1, 0.15) is 42.2 Å². The van der Waals surface area contributed by atoms with Crippen molar-refractivity contribution in [2.45, 2.75) is 36.9 Å². The highest BCUT2D eigenvalue weighted by molar-refractivity contribution is 6.30. The highest BCUT2D eigenvalue weighted by Gasteiger charge is 2.47. The monoisotopic (exact) mass is 471 g/mol. The van der Waals surface area contributed by atoms with Crippen LogP contribution in [-0.2, 0) is 15.1 Å². The highest BCUT2D eigenvalue weighted by atomic mass is 35.5. The van der Waals surface area contributed by atoms with Crippen molar-refractivity contribution in [1.29, 1.82) is 0 Å². The molecule has 2 aliphatic heterocycles. The Morgan fingerprint density at radius 1 is 1.21 bits per heavy atom. The minimum Gasteiger partial charge on any atom is -0.387 e. The van der Waals surface area contributed by atoms with Crippen molar-refractivity contribution in [2.24, 2.45) is 0 Å². The molecule has 0 radical (unpaired) electrons. The lowest BCUT2D eigenvalue weighted by Gasteiger charge is -2.50. The fraction of sp³-hybridized carbons (Fsp3) is 0.542. The molecule has 2 fully saturated rings. The molecule has 3 aliphatic rings. The third-order valence-corrected chi connectivity index (χ3v) is 7.57. The van der Waals surface area contributed by atoms with Gasteiger partial charge in [-0.15, -0.1) is 0 Å². The zero-order chi connectivity index (χ0) is 23.0. The number of fused-ring (bicyclic) bond motifs is 1. The fourth-order valence-corrected chi connectivity index (χ4v) is 5.76. The lowest BCUT2D eigenvalue weighted by molar-refractivity contribution is -0.125. The Kier molecular flexibility index (Phi) is 6.37. The second-order valence-electron chi connectivity index (χ2n) is 9.15. The van der Waals surface area contributed by atoms with Gasteiger partial charge in [0.25, 0.3) is 0 Å². The summed E-state index contributed by atoms with van der Waals surface area (Å²) >= 11 is 6.15. The summed E-state index contributed by atoms with van der Waals surface area (Å²) in [5.41, 5.74) is 1.87. The first-order valence-electron chi connectivity index (χ1n) is 11.6. The van der Waals surface area contributed by atoms with Gasteiger partial charge in [0.1, 0.15) is 24.0 Å². The first-order valence-corrected chi connectivity index (χ1v) is 12.0. The molecule has 5 rings (SSSR count). The second kappa shape index (κ2) is 9.27. The van der Waals surface area contributed by atoms with Gasteiger partial charge in [-0.25, -0.2) is 9.97 Å². The van der Waals surface area contributed by atoms with Crippen molar-refractivity contribution in [3.8, 4) is 0 Å². The Morgan fingerprint density at radius 2 is 1.97 bits per heavy atom. The van der Waals surface area contributed by atoms with E-state index in [9.17, 15) is 9.90 Å². The number of anilines is 1. The molecule has 0 spiro atoms. The summed E-state index contributed by atoms with van der Waals surface area (Å²) in [6.07, 6.45) is 2.77. The number of piperazine rings is 1. The minimum absolute atomic E-state index is 0.157. The van der Waals surface area contributed by atoms with Gasteiger partial charge in [0, 0.05) is 43.3 Å². The molecular formula is C24H30ClN5O3. The van der Waals surface area contributed by atoms with Crippen molar-refractivity contribution in [1.82, 2.24) is 20.2 Å². The number of nitrogens with one attached hydrogen (secondary N) is 1. The average molecular weight is 472 g/mol. The number of carbonyl (C=O) groups excluding carboxylic acids is 1.